The Hall–Kier alpha value is -1.42. The van der Waals surface area contributed by atoms with Crippen LogP contribution in [0.3, 0.4) is 0 Å². The Bertz CT molecular complexity index is 441. The van der Waals surface area contributed by atoms with Crippen LogP contribution in [0.1, 0.15) is 5.56 Å². The van der Waals surface area contributed by atoms with E-state index in [9.17, 15) is 4.39 Å². The maximum absolute atomic E-state index is 12.8. The molecular formula is C9H7ClFN3. The van der Waals surface area contributed by atoms with Gasteiger partial charge < -0.3 is 0 Å². The fraction of sp³-hybridized carbons (Fsp3) is 0.111. The second kappa shape index (κ2) is 3.75. The van der Waals surface area contributed by atoms with Gasteiger partial charge in [-0.1, -0.05) is 11.6 Å². The van der Waals surface area contributed by atoms with Crippen molar-refractivity contribution in [3.05, 3.63) is 47.3 Å². The third-order valence-corrected chi connectivity index (χ3v) is 1.90. The van der Waals surface area contributed by atoms with E-state index < -0.39 is 0 Å². The van der Waals surface area contributed by atoms with Crippen molar-refractivity contribution in [3.63, 3.8) is 0 Å². The third kappa shape index (κ3) is 2.09. The maximum atomic E-state index is 12.8. The summed E-state index contributed by atoms with van der Waals surface area (Å²) in [6, 6.07) is 1.42. The molecule has 5 heteroatoms. The Balaban J connectivity index is 2.18. The summed E-state index contributed by atoms with van der Waals surface area (Å²) in [6.07, 6.45) is 5.97. The molecule has 0 spiro atoms. The average molecular weight is 212 g/mol. The van der Waals surface area contributed by atoms with E-state index in [-0.39, 0.29) is 5.82 Å². The summed E-state index contributed by atoms with van der Waals surface area (Å²) in [6.45, 7) is 0.470. The van der Waals surface area contributed by atoms with Crippen LogP contribution in [-0.4, -0.2) is 14.8 Å². The van der Waals surface area contributed by atoms with Crippen molar-refractivity contribution in [2.45, 2.75) is 6.54 Å². The van der Waals surface area contributed by atoms with Gasteiger partial charge in [0.1, 0.15) is 5.82 Å². The summed E-state index contributed by atoms with van der Waals surface area (Å²) in [4.78, 5) is 3.74. The van der Waals surface area contributed by atoms with Crippen molar-refractivity contribution in [1.29, 1.82) is 0 Å². The van der Waals surface area contributed by atoms with E-state index in [0.717, 1.165) is 5.56 Å². The second-order valence-electron chi connectivity index (χ2n) is 2.87. The second-order valence-corrected chi connectivity index (χ2v) is 3.30. The SMILES string of the molecule is Fc1cncc(Cn2cc(Cl)cn2)c1. The molecule has 2 aromatic heterocycles. The van der Waals surface area contributed by atoms with Crippen LogP contribution in [0, 0.1) is 5.82 Å². The van der Waals surface area contributed by atoms with Gasteiger partial charge in [0.25, 0.3) is 0 Å². The number of aromatic nitrogens is 3. The van der Waals surface area contributed by atoms with Crippen molar-refractivity contribution in [1.82, 2.24) is 14.8 Å². The predicted molar refractivity (Wildman–Crippen MR) is 50.5 cm³/mol. The number of hydrogen-bond acceptors (Lipinski definition) is 2. The quantitative estimate of drug-likeness (QED) is 0.762. The number of hydrogen-bond donors (Lipinski definition) is 0. The summed E-state index contributed by atoms with van der Waals surface area (Å²) in [5.74, 6) is -0.347. The van der Waals surface area contributed by atoms with E-state index in [1.54, 1.807) is 17.1 Å². The lowest BCUT2D eigenvalue weighted by atomic mass is 10.3. The molecule has 0 saturated carbocycles. The first-order valence-electron chi connectivity index (χ1n) is 4.01. The van der Waals surface area contributed by atoms with Crippen LogP contribution in [0.4, 0.5) is 4.39 Å². The first kappa shape index (κ1) is 9.15. The summed E-state index contributed by atoms with van der Waals surface area (Å²) < 4.78 is 14.4. The van der Waals surface area contributed by atoms with Crippen LogP contribution >= 0.6 is 11.6 Å². The lowest BCUT2D eigenvalue weighted by Crippen LogP contribution is -2.00. The van der Waals surface area contributed by atoms with E-state index in [1.165, 1.54) is 18.5 Å². The van der Waals surface area contributed by atoms with Gasteiger partial charge in [0.05, 0.1) is 24.0 Å². The topological polar surface area (TPSA) is 30.7 Å². The lowest BCUT2D eigenvalue weighted by molar-refractivity contribution is 0.611. The van der Waals surface area contributed by atoms with Gasteiger partial charge in [-0.25, -0.2) is 4.39 Å². The van der Waals surface area contributed by atoms with Crippen molar-refractivity contribution in [3.8, 4) is 0 Å². The number of rotatable bonds is 2. The first-order valence-corrected chi connectivity index (χ1v) is 4.39. The Morgan fingerprint density at radius 2 is 2.21 bits per heavy atom. The monoisotopic (exact) mass is 211 g/mol. The molecule has 72 valence electrons. The summed E-state index contributed by atoms with van der Waals surface area (Å²) >= 11 is 5.68. The Morgan fingerprint density at radius 1 is 1.36 bits per heavy atom. The van der Waals surface area contributed by atoms with Gasteiger partial charge in [0, 0.05) is 12.4 Å². The number of nitrogens with zero attached hydrogens (tertiary/aromatic N) is 3. The minimum atomic E-state index is -0.347. The van der Waals surface area contributed by atoms with E-state index >= 15 is 0 Å². The molecule has 0 N–H and O–H groups in total. The number of halogens is 2. The lowest BCUT2D eigenvalue weighted by Gasteiger charge is -2.00. The summed E-state index contributed by atoms with van der Waals surface area (Å²) in [5, 5.41) is 4.54. The molecule has 0 aliphatic heterocycles. The minimum absolute atomic E-state index is 0.347. The van der Waals surface area contributed by atoms with Crippen LogP contribution < -0.4 is 0 Å². The van der Waals surface area contributed by atoms with Crippen LogP contribution in [-0.2, 0) is 6.54 Å². The molecule has 2 rings (SSSR count). The van der Waals surface area contributed by atoms with Gasteiger partial charge in [-0.2, -0.15) is 5.10 Å². The zero-order valence-corrected chi connectivity index (χ0v) is 7.95. The van der Waals surface area contributed by atoms with E-state index in [2.05, 4.69) is 10.1 Å². The molecule has 0 bridgehead atoms. The summed E-state index contributed by atoms with van der Waals surface area (Å²) in [5.41, 5.74) is 0.754. The molecule has 2 heterocycles. The largest absolute Gasteiger partial charge is 0.267 e. The molecule has 3 nitrogen and oxygen atoms in total. The smallest absolute Gasteiger partial charge is 0.141 e. The molecule has 2 aromatic rings. The zero-order valence-electron chi connectivity index (χ0n) is 7.19. The van der Waals surface area contributed by atoms with Crippen LogP contribution in [0.2, 0.25) is 5.02 Å². The van der Waals surface area contributed by atoms with Crippen LogP contribution in [0.15, 0.2) is 30.9 Å². The molecule has 0 atom stereocenters. The highest BCUT2D eigenvalue weighted by Gasteiger charge is 1.99. The van der Waals surface area contributed by atoms with Gasteiger partial charge in [-0.05, 0) is 11.6 Å². The van der Waals surface area contributed by atoms with Gasteiger partial charge in [-0.15, -0.1) is 0 Å². The average Bonchev–Trinajstić information content (AvgIpc) is 2.51. The first-order chi connectivity index (χ1) is 6.74. The molecule has 0 aromatic carbocycles. The van der Waals surface area contributed by atoms with Gasteiger partial charge >= 0.3 is 0 Å². The van der Waals surface area contributed by atoms with E-state index in [4.69, 9.17) is 11.6 Å². The summed E-state index contributed by atoms with van der Waals surface area (Å²) in [7, 11) is 0. The highest BCUT2D eigenvalue weighted by Crippen LogP contribution is 2.07. The molecule has 0 radical (unpaired) electrons. The molecule has 0 aliphatic carbocycles. The normalized spacial score (nSPS) is 10.4. The predicted octanol–water partition coefficient (Wildman–Crippen LogP) is 2.12. The Labute approximate surface area is 85.1 Å². The fourth-order valence-corrected chi connectivity index (χ4v) is 1.31. The molecule has 0 saturated heterocycles. The molecule has 0 aliphatic rings. The van der Waals surface area contributed by atoms with E-state index in [0.29, 0.717) is 11.6 Å². The van der Waals surface area contributed by atoms with Crippen molar-refractivity contribution < 1.29 is 4.39 Å². The maximum Gasteiger partial charge on any atom is 0.141 e. The Morgan fingerprint density at radius 3 is 2.86 bits per heavy atom. The van der Waals surface area contributed by atoms with Crippen molar-refractivity contribution in [2.24, 2.45) is 0 Å². The zero-order chi connectivity index (χ0) is 9.97. The highest BCUT2D eigenvalue weighted by molar-refractivity contribution is 6.30. The fourth-order valence-electron chi connectivity index (χ4n) is 1.15. The van der Waals surface area contributed by atoms with Gasteiger partial charge in [0.15, 0.2) is 0 Å². The molecular weight excluding hydrogens is 205 g/mol. The molecule has 0 fully saturated rings. The van der Waals surface area contributed by atoms with Crippen LogP contribution in [0.25, 0.3) is 0 Å². The van der Waals surface area contributed by atoms with Gasteiger partial charge in [-0.3, -0.25) is 9.67 Å². The molecule has 0 amide bonds. The number of pyridine rings is 1. The Kier molecular flexibility index (Phi) is 2.45. The standard InChI is InChI=1S/C9H7ClFN3/c10-8-3-13-14(6-8)5-7-1-9(11)4-12-2-7/h1-4,6H,5H2. The molecule has 0 unspecified atom stereocenters. The van der Waals surface area contributed by atoms with Gasteiger partial charge in [0.2, 0.25) is 0 Å². The van der Waals surface area contributed by atoms with E-state index in [1.807, 2.05) is 0 Å². The van der Waals surface area contributed by atoms with Crippen molar-refractivity contribution >= 4 is 11.6 Å². The van der Waals surface area contributed by atoms with Crippen molar-refractivity contribution in [2.75, 3.05) is 0 Å². The molecule has 14 heavy (non-hydrogen) atoms. The highest BCUT2D eigenvalue weighted by atomic mass is 35.5. The third-order valence-electron chi connectivity index (χ3n) is 1.71. The minimum Gasteiger partial charge on any atom is -0.267 e. The van der Waals surface area contributed by atoms with Crippen LogP contribution in [0.5, 0.6) is 0 Å².